The van der Waals surface area contributed by atoms with Crippen LogP contribution in [0.15, 0.2) is 42.6 Å². The molecule has 5 nitrogen and oxygen atoms in total. The van der Waals surface area contributed by atoms with Crippen LogP contribution in [-0.2, 0) is 13.0 Å². The summed E-state index contributed by atoms with van der Waals surface area (Å²) in [5.74, 6) is 1.67. The van der Waals surface area contributed by atoms with Gasteiger partial charge in [-0.2, -0.15) is 0 Å². The Bertz CT molecular complexity index is 752. The van der Waals surface area contributed by atoms with E-state index in [2.05, 4.69) is 9.97 Å². The van der Waals surface area contributed by atoms with E-state index in [4.69, 9.17) is 4.74 Å². The van der Waals surface area contributed by atoms with Crippen molar-refractivity contribution < 1.29 is 9.84 Å². The molecule has 0 radical (unpaired) electrons. The molecule has 5 heteroatoms. The first-order chi connectivity index (χ1) is 10.3. The second-order valence-electron chi connectivity index (χ2n) is 4.79. The minimum Gasteiger partial charge on any atom is -0.497 e. The number of aliphatic hydroxyl groups is 1. The summed E-state index contributed by atoms with van der Waals surface area (Å²) in [7, 11) is 1.66. The summed E-state index contributed by atoms with van der Waals surface area (Å²) in [5, 5.41) is 9.22. The van der Waals surface area contributed by atoms with Crippen LogP contribution in [0.3, 0.4) is 0 Å². The summed E-state index contributed by atoms with van der Waals surface area (Å²) < 4.78 is 7.30. The van der Waals surface area contributed by atoms with Gasteiger partial charge in [-0.15, -0.1) is 0 Å². The Morgan fingerprint density at radius 2 is 2.14 bits per heavy atom. The van der Waals surface area contributed by atoms with E-state index in [9.17, 15) is 5.11 Å². The van der Waals surface area contributed by atoms with Crippen LogP contribution in [0.1, 0.15) is 11.4 Å². The largest absolute Gasteiger partial charge is 0.497 e. The molecule has 2 aromatic heterocycles. The first kappa shape index (κ1) is 13.6. The van der Waals surface area contributed by atoms with Crippen LogP contribution in [0, 0.1) is 0 Å². The van der Waals surface area contributed by atoms with E-state index in [1.165, 1.54) is 0 Å². The van der Waals surface area contributed by atoms with Gasteiger partial charge in [-0.05, 0) is 29.8 Å². The highest BCUT2D eigenvalue weighted by Crippen LogP contribution is 2.18. The summed E-state index contributed by atoms with van der Waals surface area (Å²) in [6.45, 7) is 0.724. The fourth-order valence-corrected chi connectivity index (χ4v) is 2.42. The van der Waals surface area contributed by atoms with Gasteiger partial charge in [-0.25, -0.2) is 9.97 Å². The second kappa shape index (κ2) is 5.93. The summed E-state index contributed by atoms with van der Waals surface area (Å²) in [5.41, 5.74) is 2.80. The van der Waals surface area contributed by atoms with Crippen molar-refractivity contribution in [3.05, 3.63) is 54.0 Å². The number of aliphatic hydroxyl groups excluding tert-OH is 1. The van der Waals surface area contributed by atoms with Crippen molar-refractivity contribution in [2.24, 2.45) is 0 Å². The fraction of sp³-hybridized carbons (Fsp3) is 0.250. The van der Waals surface area contributed by atoms with Gasteiger partial charge >= 0.3 is 0 Å². The first-order valence-corrected chi connectivity index (χ1v) is 6.85. The number of benzene rings is 1. The molecule has 0 saturated heterocycles. The molecule has 1 aromatic carbocycles. The van der Waals surface area contributed by atoms with E-state index < -0.39 is 0 Å². The van der Waals surface area contributed by atoms with Gasteiger partial charge in [-0.1, -0.05) is 12.1 Å². The Balaban J connectivity index is 2.03. The molecule has 2 heterocycles. The summed E-state index contributed by atoms with van der Waals surface area (Å²) >= 11 is 0. The number of ether oxygens (including phenoxy) is 1. The maximum Gasteiger partial charge on any atom is 0.160 e. The van der Waals surface area contributed by atoms with Crippen LogP contribution in [0.25, 0.3) is 11.2 Å². The highest BCUT2D eigenvalue weighted by Gasteiger charge is 2.11. The Kier molecular flexibility index (Phi) is 3.83. The lowest BCUT2D eigenvalue weighted by atomic mass is 10.2. The average molecular weight is 283 g/mol. The number of methoxy groups -OCH3 is 1. The molecule has 0 aliphatic carbocycles. The third-order valence-corrected chi connectivity index (χ3v) is 3.39. The predicted molar refractivity (Wildman–Crippen MR) is 80.4 cm³/mol. The van der Waals surface area contributed by atoms with Crippen LogP contribution < -0.4 is 4.74 Å². The molecular weight excluding hydrogens is 266 g/mol. The Labute approximate surface area is 122 Å². The molecule has 0 fully saturated rings. The highest BCUT2D eigenvalue weighted by atomic mass is 16.5. The van der Waals surface area contributed by atoms with Crippen molar-refractivity contribution in [3.8, 4) is 5.75 Å². The van der Waals surface area contributed by atoms with Crippen LogP contribution in [0.4, 0.5) is 0 Å². The monoisotopic (exact) mass is 283 g/mol. The van der Waals surface area contributed by atoms with Crippen LogP contribution >= 0.6 is 0 Å². The number of nitrogens with zero attached hydrogens (tertiary/aromatic N) is 3. The van der Waals surface area contributed by atoms with Gasteiger partial charge in [0.05, 0.1) is 20.3 Å². The van der Waals surface area contributed by atoms with Crippen LogP contribution in [0.5, 0.6) is 5.75 Å². The van der Waals surface area contributed by atoms with Crippen molar-refractivity contribution >= 4 is 11.2 Å². The zero-order chi connectivity index (χ0) is 14.7. The summed E-state index contributed by atoms with van der Waals surface area (Å²) in [6, 6.07) is 11.7. The Morgan fingerprint density at radius 1 is 1.24 bits per heavy atom. The van der Waals surface area contributed by atoms with Gasteiger partial charge in [0, 0.05) is 12.6 Å². The molecule has 0 aliphatic heterocycles. The quantitative estimate of drug-likeness (QED) is 0.778. The molecule has 0 saturated carbocycles. The van der Waals surface area contributed by atoms with Crippen molar-refractivity contribution in [1.82, 2.24) is 14.5 Å². The van der Waals surface area contributed by atoms with Crippen molar-refractivity contribution in [2.45, 2.75) is 13.0 Å². The SMILES string of the molecule is COc1cccc(Cn2c(CCO)nc3cccnc32)c1. The van der Waals surface area contributed by atoms with E-state index >= 15 is 0 Å². The molecule has 108 valence electrons. The van der Waals surface area contributed by atoms with Crippen molar-refractivity contribution in [2.75, 3.05) is 13.7 Å². The Hall–Kier alpha value is -2.40. The second-order valence-corrected chi connectivity index (χ2v) is 4.79. The normalized spacial score (nSPS) is 11.0. The maximum atomic E-state index is 9.22. The number of fused-ring (bicyclic) bond motifs is 1. The van der Waals surface area contributed by atoms with Gasteiger partial charge < -0.3 is 14.4 Å². The molecule has 0 bridgehead atoms. The van der Waals surface area contributed by atoms with Gasteiger partial charge in [0.2, 0.25) is 0 Å². The number of imidazole rings is 1. The molecule has 3 aromatic rings. The van der Waals surface area contributed by atoms with Gasteiger partial charge in [-0.3, -0.25) is 0 Å². The smallest absolute Gasteiger partial charge is 0.160 e. The number of hydrogen-bond acceptors (Lipinski definition) is 4. The minimum absolute atomic E-state index is 0.0709. The van der Waals surface area contributed by atoms with Gasteiger partial charge in [0.25, 0.3) is 0 Å². The zero-order valence-corrected chi connectivity index (χ0v) is 11.9. The van der Waals surface area contributed by atoms with E-state index in [0.717, 1.165) is 28.3 Å². The number of aromatic nitrogens is 3. The minimum atomic E-state index is 0.0709. The summed E-state index contributed by atoms with van der Waals surface area (Å²) in [6.07, 6.45) is 2.27. The predicted octanol–water partition coefficient (Wildman–Crippen LogP) is 2.02. The lowest BCUT2D eigenvalue weighted by molar-refractivity contribution is 0.295. The standard InChI is InChI=1S/C16H17N3O2/c1-21-13-5-2-4-12(10-13)11-19-15(7-9-20)18-14-6-3-8-17-16(14)19/h2-6,8,10,20H,7,9,11H2,1H3. The van der Waals surface area contributed by atoms with Crippen LogP contribution in [-0.4, -0.2) is 33.4 Å². The maximum absolute atomic E-state index is 9.22. The molecule has 0 spiro atoms. The lowest BCUT2D eigenvalue weighted by Gasteiger charge is -2.09. The number of hydrogen-bond donors (Lipinski definition) is 1. The molecule has 21 heavy (non-hydrogen) atoms. The van der Waals surface area contributed by atoms with Gasteiger partial charge in [0.1, 0.15) is 17.1 Å². The van der Waals surface area contributed by atoms with Crippen LogP contribution in [0.2, 0.25) is 0 Å². The Morgan fingerprint density at radius 3 is 2.95 bits per heavy atom. The van der Waals surface area contributed by atoms with Gasteiger partial charge in [0.15, 0.2) is 5.65 Å². The molecule has 0 atom stereocenters. The lowest BCUT2D eigenvalue weighted by Crippen LogP contribution is -2.07. The third-order valence-electron chi connectivity index (χ3n) is 3.39. The van der Waals surface area contributed by atoms with E-state index in [1.807, 2.05) is 41.0 Å². The molecule has 0 amide bonds. The molecular formula is C16H17N3O2. The average Bonchev–Trinajstić information content (AvgIpc) is 2.86. The number of rotatable bonds is 5. The molecule has 0 unspecified atom stereocenters. The first-order valence-electron chi connectivity index (χ1n) is 6.85. The topological polar surface area (TPSA) is 60.2 Å². The third kappa shape index (κ3) is 2.73. The van der Waals surface area contributed by atoms with E-state index in [-0.39, 0.29) is 6.61 Å². The molecule has 1 N–H and O–H groups in total. The van der Waals surface area contributed by atoms with E-state index in [1.54, 1.807) is 13.3 Å². The highest BCUT2D eigenvalue weighted by molar-refractivity contribution is 5.71. The molecule has 3 rings (SSSR count). The van der Waals surface area contributed by atoms with E-state index in [0.29, 0.717) is 13.0 Å². The number of pyridine rings is 1. The zero-order valence-electron chi connectivity index (χ0n) is 11.9. The van der Waals surface area contributed by atoms with Crippen molar-refractivity contribution in [3.63, 3.8) is 0 Å². The molecule has 0 aliphatic rings. The summed E-state index contributed by atoms with van der Waals surface area (Å²) in [4.78, 5) is 8.96. The fourth-order valence-electron chi connectivity index (χ4n) is 2.42. The van der Waals surface area contributed by atoms with Crippen molar-refractivity contribution in [1.29, 1.82) is 0 Å².